The molecule has 0 spiro atoms. The zero-order valence-corrected chi connectivity index (χ0v) is 12.8. The maximum Gasteiger partial charge on any atom is 0.401 e. The lowest BCUT2D eigenvalue weighted by molar-refractivity contribution is -0.148. The van der Waals surface area contributed by atoms with Gasteiger partial charge in [-0.15, -0.1) is 0 Å². The first-order chi connectivity index (χ1) is 9.40. The topological polar surface area (TPSA) is 15.3 Å². The van der Waals surface area contributed by atoms with E-state index < -0.39 is 12.7 Å². The van der Waals surface area contributed by atoms with Crippen LogP contribution in [-0.4, -0.2) is 42.8 Å². The first-order valence-electron chi connectivity index (χ1n) is 7.96. The fourth-order valence-electron chi connectivity index (χ4n) is 2.87. The van der Waals surface area contributed by atoms with E-state index in [-0.39, 0.29) is 0 Å². The van der Waals surface area contributed by atoms with Gasteiger partial charge in [0.15, 0.2) is 0 Å². The highest BCUT2D eigenvalue weighted by Gasteiger charge is 2.32. The number of alkyl halides is 3. The minimum atomic E-state index is -4.06. The molecule has 1 rings (SSSR count). The van der Waals surface area contributed by atoms with Crippen molar-refractivity contribution in [2.24, 2.45) is 0 Å². The summed E-state index contributed by atoms with van der Waals surface area (Å²) in [7, 11) is 0. The van der Waals surface area contributed by atoms with Crippen molar-refractivity contribution in [1.29, 1.82) is 0 Å². The Kier molecular flexibility index (Phi) is 7.88. The smallest absolute Gasteiger partial charge is 0.311 e. The molecule has 0 aliphatic carbocycles. The van der Waals surface area contributed by atoms with E-state index in [1.807, 2.05) is 0 Å². The Balaban J connectivity index is 2.12. The van der Waals surface area contributed by atoms with Crippen LogP contribution in [0.4, 0.5) is 13.2 Å². The van der Waals surface area contributed by atoms with E-state index in [2.05, 4.69) is 19.2 Å². The number of likely N-dealkylation sites (tertiary alicyclic amines) is 1. The molecule has 0 saturated carbocycles. The van der Waals surface area contributed by atoms with Gasteiger partial charge in [0.1, 0.15) is 0 Å². The van der Waals surface area contributed by atoms with Crippen LogP contribution < -0.4 is 5.32 Å². The third-order valence-corrected chi connectivity index (χ3v) is 4.00. The van der Waals surface area contributed by atoms with Gasteiger partial charge in [-0.25, -0.2) is 0 Å². The van der Waals surface area contributed by atoms with Gasteiger partial charge in [0, 0.05) is 12.1 Å². The second-order valence-electron chi connectivity index (χ2n) is 6.08. The summed E-state index contributed by atoms with van der Waals surface area (Å²) in [6.07, 6.45) is 3.84. The minimum absolute atomic E-state index is 0.389. The molecule has 1 heterocycles. The molecule has 0 amide bonds. The number of unbranched alkanes of at least 4 members (excludes halogenated alkanes) is 3. The maximum absolute atomic E-state index is 12.3. The van der Waals surface area contributed by atoms with E-state index in [0.717, 1.165) is 12.8 Å². The summed E-state index contributed by atoms with van der Waals surface area (Å²) in [4.78, 5) is 1.52. The standard InChI is InChI=1S/C15H29F3N2/c1-3-4-5-6-7-13(2)19-14-8-10-20(11-9-14)12-15(16,17)18/h13-14,19H,3-12H2,1-2H3. The van der Waals surface area contributed by atoms with Crippen molar-refractivity contribution in [3.63, 3.8) is 0 Å². The maximum atomic E-state index is 12.3. The second-order valence-corrected chi connectivity index (χ2v) is 6.08. The van der Waals surface area contributed by atoms with Crippen LogP contribution in [0.5, 0.6) is 0 Å². The average molecular weight is 294 g/mol. The van der Waals surface area contributed by atoms with E-state index in [4.69, 9.17) is 0 Å². The number of nitrogens with one attached hydrogen (secondary N) is 1. The van der Waals surface area contributed by atoms with Gasteiger partial charge in [-0.2, -0.15) is 13.2 Å². The zero-order chi connectivity index (χ0) is 15.0. The molecule has 0 radical (unpaired) electrons. The number of piperidine rings is 1. The molecule has 1 fully saturated rings. The van der Waals surface area contributed by atoms with Crippen LogP contribution in [0.25, 0.3) is 0 Å². The Morgan fingerprint density at radius 3 is 2.35 bits per heavy atom. The molecule has 0 aromatic heterocycles. The van der Waals surface area contributed by atoms with Crippen molar-refractivity contribution in [2.45, 2.75) is 77.1 Å². The fourth-order valence-corrected chi connectivity index (χ4v) is 2.87. The predicted octanol–water partition coefficient (Wildman–Crippen LogP) is 3.96. The third kappa shape index (κ3) is 8.10. The molecule has 5 heteroatoms. The summed E-state index contributed by atoms with van der Waals surface area (Å²) in [5.41, 5.74) is 0. The first-order valence-corrected chi connectivity index (χ1v) is 7.96. The summed E-state index contributed by atoms with van der Waals surface area (Å²) in [6.45, 7) is 4.75. The molecular formula is C15H29F3N2. The Bertz CT molecular complexity index is 248. The summed E-state index contributed by atoms with van der Waals surface area (Å²) < 4.78 is 36.9. The van der Waals surface area contributed by atoms with Crippen molar-refractivity contribution in [2.75, 3.05) is 19.6 Å². The molecular weight excluding hydrogens is 265 g/mol. The highest BCUT2D eigenvalue weighted by molar-refractivity contribution is 4.80. The van der Waals surface area contributed by atoms with Crippen molar-refractivity contribution >= 4 is 0 Å². The van der Waals surface area contributed by atoms with Crippen molar-refractivity contribution in [3.05, 3.63) is 0 Å². The number of nitrogens with zero attached hydrogens (tertiary/aromatic N) is 1. The van der Waals surface area contributed by atoms with Crippen LogP contribution >= 0.6 is 0 Å². The summed E-state index contributed by atoms with van der Waals surface area (Å²) in [5, 5.41) is 3.57. The quantitative estimate of drug-likeness (QED) is 0.682. The molecule has 1 atom stereocenters. The van der Waals surface area contributed by atoms with Crippen molar-refractivity contribution in [3.8, 4) is 0 Å². The van der Waals surface area contributed by atoms with Gasteiger partial charge in [0.25, 0.3) is 0 Å². The van der Waals surface area contributed by atoms with Crippen LogP contribution in [0.2, 0.25) is 0 Å². The molecule has 0 bridgehead atoms. The lowest BCUT2D eigenvalue weighted by Crippen LogP contribution is -2.47. The highest BCUT2D eigenvalue weighted by atomic mass is 19.4. The van der Waals surface area contributed by atoms with Crippen LogP contribution in [0, 0.1) is 0 Å². The molecule has 0 aromatic carbocycles. The van der Waals surface area contributed by atoms with E-state index >= 15 is 0 Å². The molecule has 1 unspecified atom stereocenters. The molecule has 1 aliphatic heterocycles. The molecule has 1 aliphatic rings. The predicted molar refractivity (Wildman–Crippen MR) is 76.9 cm³/mol. The number of hydrogen-bond acceptors (Lipinski definition) is 2. The van der Waals surface area contributed by atoms with Gasteiger partial charge in [0.2, 0.25) is 0 Å². The SMILES string of the molecule is CCCCCCC(C)NC1CCN(CC(F)(F)F)CC1. The van der Waals surface area contributed by atoms with Gasteiger partial charge >= 0.3 is 6.18 Å². The monoisotopic (exact) mass is 294 g/mol. The molecule has 120 valence electrons. The van der Waals surface area contributed by atoms with Gasteiger partial charge in [-0.3, -0.25) is 4.90 Å². The number of halogens is 3. The van der Waals surface area contributed by atoms with E-state index in [1.54, 1.807) is 0 Å². The molecule has 1 saturated heterocycles. The number of rotatable bonds is 8. The average Bonchev–Trinajstić information content (AvgIpc) is 2.35. The van der Waals surface area contributed by atoms with E-state index in [9.17, 15) is 13.2 Å². The molecule has 0 aromatic rings. The van der Waals surface area contributed by atoms with Gasteiger partial charge in [-0.05, 0) is 39.3 Å². The lowest BCUT2D eigenvalue weighted by Gasteiger charge is -2.34. The zero-order valence-electron chi connectivity index (χ0n) is 12.8. The minimum Gasteiger partial charge on any atom is -0.311 e. The van der Waals surface area contributed by atoms with Gasteiger partial charge in [0.05, 0.1) is 6.54 Å². The summed E-state index contributed by atoms with van der Waals surface area (Å²) in [6, 6.07) is 0.867. The van der Waals surface area contributed by atoms with Crippen molar-refractivity contribution < 1.29 is 13.2 Å². The fraction of sp³-hybridized carbons (Fsp3) is 1.00. The lowest BCUT2D eigenvalue weighted by atomic mass is 10.0. The van der Waals surface area contributed by atoms with Crippen LogP contribution in [0.1, 0.15) is 58.8 Å². The largest absolute Gasteiger partial charge is 0.401 e. The van der Waals surface area contributed by atoms with Gasteiger partial charge < -0.3 is 5.32 Å². The Morgan fingerprint density at radius 1 is 1.15 bits per heavy atom. The molecule has 1 N–H and O–H groups in total. The Labute approximate surface area is 121 Å². The Morgan fingerprint density at radius 2 is 1.80 bits per heavy atom. The Hall–Kier alpha value is -0.290. The van der Waals surface area contributed by atoms with Crippen LogP contribution in [-0.2, 0) is 0 Å². The summed E-state index contributed by atoms with van der Waals surface area (Å²) >= 11 is 0. The van der Waals surface area contributed by atoms with Crippen LogP contribution in [0.15, 0.2) is 0 Å². The highest BCUT2D eigenvalue weighted by Crippen LogP contribution is 2.20. The molecule has 20 heavy (non-hydrogen) atoms. The van der Waals surface area contributed by atoms with Gasteiger partial charge in [-0.1, -0.05) is 32.6 Å². The summed E-state index contributed by atoms with van der Waals surface area (Å²) in [5.74, 6) is 0. The second kappa shape index (κ2) is 8.88. The van der Waals surface area contributed by atoms with Crippen LogP contribution in [0.3, 0.4) is 0 Å². The van der Waals surface area contributed by atoms with Crippen molar-refractivity contribution in [1.82, 2.24) is 10.2 Å². The third-order valence-electron chi connectivity index (χ3n) is 4.00. The number of hydrogen-bond donors (Lipinski definition) is 1. The van der Waals surface area contributed by atoms with E-state index in [1.165, 1.54) is 37.0 Å². The van der Waals surface area contributed by atoms with E-state index in [0.29, 0.717) is 25.2 Å². The first kappa shape index (κ1) is 17.8. The normalized spacial score (nSPS) is 20.2. The molecule has 2 nitrogen and oxygen atoms in total.